The number of carboxylic acid groups (broad SMARTS) is 1. The van der Waals surface area contributed by atoms with Gasteiger partial charge >= 0.3 is 5.97 Å². The van der Waals surface area contributed by atoms with Crippen LogP contribution in [0.5, 0.6) is 5.75 Å². The number of para-hydroxylation sites is 3. The van der Waals surface area contributed by atoms with Gasteiger partial charge in [0, 0.05) is 106 Å². The van der Waals surface area contributed by atoms with Crippen molar-refractivity contribution in [1.29, 1.82) is 0 Å². The van der Waals surface area contributed by atoms with Gasteiger partial charge in [0.05, 0.1) is 34.5 Å². The Kier molecular flexibility index (Phi) is 43.2. The first-order valence-electron chi connectivity index (χ1n) is 48.6. The lowest BCUT2D eigenvalue weighted by atomic mass is 9.99. The number of carbonyl (C=O) groups excluding carboxylic acids is 17. The maximum Gasteiger partial charge on any atom is 0.323 e. The van der Waals surface area contributed by atoms with Crippen molar-refractivity contribution in [2.75, 3.05) is 70.7 Å². The zero-order chi connectivity index (χ0) is 106. The molecule has 0 aliphatic carbocycles. The van der Waals surface area contributed by atoms with Crippen LogP contribution in [0, 0.1) is 17.8 Å². The highest BCUT2D eigenvalue weighted by atomic mass is 35.5. The van der Waals surface area contributed by atoms with E-state index in [1.807, 2.05) is 13.8 Å². The number of halogens is 1. The van der Waals surface area contributed by atoms with E-state index in [9.17, 15) is 63.3 Å². The van der Waals surface area contributed by atoms with E-state index in [-0.39, 0.29) is 106 Å². The van der Waals surface area contributed by atoms with Crippen LogP contribution in [0.4, 0.5) is 5.13 Å². The highest BCUT2D eigenvalue weighted by Crippen LogP contribution is 2.33. The summed E-state index contributed by atoms with van der Waals surface area (Å²) >= 11 is 8.65. The molecule has 7 aromatic rings. The number of thioether (sulfide) groups is 1. The number of benzene rings is 4. The number of aliphatic carboxylic acids is 1. The second-order valence-corrected chi connectivity index (χ2v) is 40.3. The van der Waals surface area contributed by atoms with Crippen molar-refractivity contribution >= 4 is 178 Å². The number of hydrogen-bond donors (Lipinski definition) is 18. The number of carbonyl (C=O) groups is 18. The van der Waals surface area contributed by atoms with Gasteiger partial charge in [-0.05, 0) is 130 Å². The van der Waals surface area contributed by atoms with Gasteiger partial charge in [0.2, 0.25) is 100 Å². The monoisotopic (exact) mass is 2070 g/mol. The van der Waals surface area contributed by atoms with Gasteiger partial charge in [0.15, 0.2) is 5.13 Å². The smallest absolute Gasteiger partial charge is 0.323 e. The molecular weight excluding hydrogens is 1930 g/mol. The number of anilines is 1. The highest BCUT2D eigenvalue weighted by Gasteiger charge is 2.47. The number of aromatic hydroxyl groups is 1. The van der Waals surface area contributed by atoms with Gasteiger partial charge in [-0.1, -0.05) is 152 Å². The Hall–Kier alpha value is -13.5. The molecule has 2 aliphatic heterocycles. The third-order valence-electron chi connectivity index (χ3n) is 25.6. The van der Waals surface area contributed by atoms with Crippen LogP contribution in [0.1, 0.15) is 156 Å². The first-order chi connectivity index (χ1) is 68.8. The molecule has 9 rings (SSSR count). The molecule has 788 valence electrons. The number of β-amino-alcohol motifs (C(OH)–C–C–N with tert-alkyl or cyclic N) is 1. The summed E-state index contributed by atoms with van der Waals surface area (Å²) in [4.78, 5) is 272. The second-order valence-electron chi connectivity index (χ2n) is 37.8. The standard InChI is InChI=1S/C99H137ClN22O21S2/c1-12-14-26-75(91(136)109-67(38-53(3)4)88(133)115-73(51-144-52-82(104)127)86(131)106-47-81(103)126)118(10)98(143)77(27-15-13-2)119(11)95(140)70(42-59-48-120(50-83(128)129)74-28-19-17-23-63(59)74)113-87(132)66(35-36-101)108-89(134)68(41-58-45-105-65-25-18-16-22-62(58)65)110-93(138)78-43-61(124)49-122(78)97(142)69(39-54(5)6)112-90(135)72(46-107-99-116-84-64(100)24-20-30-79(84)145-99)114-92(137)76-29-21-37-121(76)96(141)71(44-80(102)125)111-85(130)56(8)117(9)94(139)55(7)40-57-31-33-60(123)34-32-57/h16-20,22-25,28,30-34,45,48,53-56,61,66-73,75-78,105,123-124H,12-15,21,26-27,29,35-44,46-47,49-52,101H2,1-11H3,(H2,102,125)(H2,103,126)(H2,104,127)(H,106,131)(H,107,116)(H,108,134)(H,109,136)(H,110,138)(H,111,130)(H,112,135)(H,113,132)(H,114,137)(H,115,133)(H,128,129)/t55-,56-,61+,66-,67-,68-,69-,70-,71-,72-,73-,75-,76-,77-,78-/m0/s1. The number of primary amides is 3. The zero-order valence-electron chi connectivity index (χ0n) is 83.4. The van der Waals surface area contributed by atoms with E-state index in [1.165, 1.54) is 72.1 Å². The minimum Gasteiger partial charge on any atom is -0.508 e. The molecule has 2 saturated heterocycles. The number of rotatable bonds is 56. The number of phenolic OH excluding ortho intramolecular Hbond substituents is 1. The molecule has 15 atom stereocenters. The Balaban J connectivity index is 0.982. The number of H-pyrrole nitrogens is 1. The van der Waals surface area contributed by atoms with Crippen LogP contribution in [-0.2, 0) is 112 Å². The number of nitrogens with zero attached hydrogens (tertiary/aromatic N) is 7. The van der Waals surface area contributed by atoms with Crippen LogP contribution >= 0.6 is 34.7 Å². The minimum absolute atomic E-state index is 0.00372. The molecule has 0 unspecified atom stereocenters. The molecule has 0 spiro atoms. The summed E-state index contributed by atoms with van der Waals surface area (Å²) in [6, 6.07) is 5.94. The summed E-state index contributed by atoms with van der Waals surface area (Å²) < 4.78 is 2.09. The SMILES string of the molecule is CCCC[C@@H](C(=O)N(C)[C@@H](CCCC)C(=O)N[C@@H](CC(C)C)C(=O)N[C@@H](CSCC(N)=O)C(=O)NCC(N)=O)N(C)C(=O)[C@H](Cc1cn(CC(=O)O)c2ccccc12)NC(=O)[C@H](CCN)NC(=O)[C@H](Cc1c[nH]c2ccccc12)NC(=O)[C@@H]1C[C@@H](O)CN1C(=O)[C@H](CC(C)C)NC(=O)[C@H](CNc1nc2c(Cl)cccc2s1)NC(=O)[C@@H]1CCCN1C(=O)[C@H](CC(N)=O)NC(=O)[C@H](C)N(C)C(=O)[C@@H](C)Cc1ccc(O)cc1. The number of carboxylic acids is 1. The molecule has 145 heavy (non-hydrogen) atoms. The van der Waals surface area contributed by atoms with E-state index in [0.717, 1.165) is 32.0 Å². The highest BCUT2D eigenvalue weighted by molar-refractivity contribution is 8.00. The van der Waals surface area contributed by atoms with E-state index in [2.05, 4.69) is 63.1 Å². The third-order valence-corrected chi connectivity index (χ3v) is 27.9. The summed E-state index contributed by atoms with van der Waals surface area (Å²) in [6.07, 6.45) is 1.82. The fourth-order valence-electron chi connectivity index (χ4n) is 17.8. The fourth-order valence-corrected chi connectivity index (χ4v) is 19.8. The number of phenols is 1. The molecule has 5 heterocycles. The maximum atomic E-state index is 16.0. The Labute approximate surface area is 853 Å². The quantitative estimate of drug-likeness (QED) is 0.0258. The summed E-state index contributed by atoms with van der Waals surface area (Å²) in [5.41, 5.74) is 25.7. The topological polar surface area (TPSA) is 642 Å². The average molecular weight is 2070 g/mol. The molecule has 2 fully saturated rings. The number of likely N-dealkylation sites (N-methyl/N-ethyl adjacent to an activating group) is 3. The van der Waals surface area contributed by atoms with Crippen LogP contribution in [0.25, 0.3) is 32.0 Å². The maximum absolute atomic E-state index is 16.0. The van der Waals surface area contributed by atoms with Crippen molar-refractivity contribution < 1.29 is 102 Å². The Morgan fingerprint density at radius 1 is 0.572 bits per heavy atom. The lowest BCUT2D eigenvalue weighted by molar-refractivity contribution is -0.149. The van der Waals surface area contributed by atoms with E-state index in [4.69, 9.17) is 34.5 Å². The Morgan fingerprint density at radius 3 is 1.80 bits per heavy atom. The van der Waals surface area contributed by atoms with Crippen molar-refractivity contribution in [3.8, 4) is 5.75 Å². The lowest BCUT2D eigenvalue weighted by Crippen LogP contribution is -2.61. The largest absolute Gasteiger partial charge is 0.508 e. The van der Waals surface area contributed by atoms with Crippen LogP contribution in [-0.4, -0.2) is 311 Å². The van der Waals surface area contributed by atoms with Crippen LogP contribution < -0.4 is 76.1 Å². The fraction of sp³-hybridized carbons (Fsp3) is 0.525. The molecule has 0 bridgehead atoms. The zero-order valence-corrected chi connectivity index (χ0v) is 85.8. The number of aromatic amines is 1. The van der Waals surface area contributed by atoms with Crippen LogP contribution in [0.15, 0.2) is 103 Å². The third kappa shape index (κ3) is 32.2. The Morgan fingerprint density at radius 2 is 1.15 bits per heavy atom. The molecule has 0 radical (unpaired) electrons. The molecule has 22 N–H and O–H groups in total. The van der Waals surface area contributed by atoms with Crippen molar-refractivity contribution in [1.82, 2.24) is 86.9 Å². The van der Waals surface area contributed by atoms with Gasteiger partial charge in [0.1, 0.15) is 96.4 Å². The second kappa shape index (κ2) is 54.4. The number of thiazole rings is 1. The van der Waals surface area contributed by atoms with Crippen LogP contribution in [0.3, 0.4) is 0 Å². The molecule has 46 heteroatoms. The normalized spacial score (nSPS) is 16.5. The molecule has 2 aliphatic rings. The number of hydrogen-bond acceptors (Lipinski definition) is 25. The van der Waals surface area contributed by atoms with Gasteiger partial charge in [-0.15, -0.1) is 11.8 Å². The first kappa shape index (κ1) is 115. The number of aliphatic hydroxyl groups excluding tert-OH is 1. The summed E-state index contributed by atoms with van der Waals surface area (Å²) in [6.45, 7) is 11.5. The predicted octanol–water partition coefficient (Wildman–Crippen LogP) is 1.80. The van der Waals surface area contributed by atoms with Gasteiger partial charge in [-0.25, -0.2) is 4.98 Å². The number of nitrogens with one attached hydrogen (secondary N) is 11. The van der Waals surface area contributed by atoms with Gasteiger partial charge in [0.25, 0.3) is 0 Å². The number of aliphatic hydroxyl groups is 1. The number of unbranched alkanes of at least 4 members (excludes halogenated alkanes) is 2. The van der Waals surface area contributed by atoms with E-state index >= 15 is 38.4 Å². The number of likely N-dealkylation sites (tertiary alicyclic amines) is 2. The van der Waals surface area contributed by atoms with E-state index < -0.39 is 242 Å². The van der Waals surface area contributed by atoms with Gasteiger partial charge < -0.3 is 125 Å². The van der Waals surface area contributed by atoms with Crippen molar-refractivity contribution in [2.45, 2.75) is 249 Å². The van der Waals surface area contributed by atoms with Crippen molar-refractivity contribution in [3.63, 3.8) is 0 Å². The molecule has 4 aromatic carbocycles. The van der Waals surface area contributed by atoms with E-state index in [1.54, 1.807) is 120 Å². The average Bonchev–Trinajstić information content (AvgIpc) is 1.71. The molecule has 17 amide bonds. The minimum atomic E-state index is -1.66. The summed E-state index contributed by atoms with van der Waals surface area (Å²) in [5, 5.41) is 60.7. The van der Waals surface area contributed by atoms with Crippen molar-refractivity contribution in [3.05, 3.63) is 125 Å². The molecule has 3 aromatic heterocycles. The van der Waals surface area contributed by atoms with Gasteiger partial charge in [-0.3, -0.25) is 86.3 Å². The molecule has 43 nitrogen and oxygen atoms in total. The molecule has 0 saturated carbocycles. The summed E-state index contributed by atoms with van der Waals surface area (Å²) in [7, 11) is 4.13. The first-order valence-corrected chi connectivity index (χ1v) is 51.0. The van der Waals surface area contributed by atoms with Crippen molar-refractivity contribution in [2.24, 2.45) is 40.7 Å². The van der Waals surface area contributed by atoms with E-state index in [0.29, 0.717) is 73.9 Å². The Bertz CT molecular complexity index is 5800. The number of amides is 17. The number of nitrogens with two attached hydrogens (primary N) is 4. The predicted molar refractivity (Wildman–Crippen MR) is 545 cm³/mol. The van der Waals surface area contributed by atoms with Gasteiger partial charge in [-0.2, -0.15) is 0 Å². The van der Waals surface area contributed by atoms with Crippen LogP contribution in [0.2, 0.25) is 5.02 Å². The lowest BCUT2D eigenvalue weighted by Gasteiger charge is -2.36. The number of aromatic nitrogens is 3. The summed E-state index contributed by atoms with van der Waals surface area (Å²) in [5.74, 6) is -17.3. The number of fused-ring (bicyclic) bond motifs is 3. The molecular formula is C99H137ClN22O21S2.